The summed E-state index contributed by atoms with van der Waals surface area (Å²) in [5.74, 6) is 0.538. The second-order valence-corrected chi connectivity index (χ2v) is 4.78. The average Bonchev–Trinajstić information content (AvgIpc) is 2.58. The van der Waals surface area contributed by atoms with E-state index in [1.807, 2.05) is 4.90 Å². The fourth-order valence-electron chi connectivity index (χ4n) is 2.05. The molecule has 1 aliphatic rings. The monoisotopic (exact) mass is 214 g/mol. The predicted molar refractivity (Wildman–Crippen MR) is 59.4 cm³/mol. The molecule has 0 aliphatic carbocycles. The number of carbonyl (C=O) groups excluding carboxylic acids is 1. The smallest absolute Gasteiger partial charge is 0.254 e. The number of nitrogens with two attached hydrogens (primary N) is 1. The van der Waals surface area contributed by atoms with Gasteiger partial charge in [0.05, 0.1) is 0 Å². The SMILES string of the molecule is COC(C)(C)C(=O)N1CCC(C)C1CN. The summed E-state index contributed by atoms with van der Waals surface area (Å²) in [6.45, 7) is 7.07. The van der Waals surface area contributed by atoms with Gasteiger partial charge in [0.25, 0.3) is 5.91 Å². The number of amides is 1. The number of rotatable bonds is 3. The Morgan fingerprint density at radius 3 is 2.67 bits per heavy atom. The van der Waals surface area contributed by atoms with E-state index in [9.17, 15) is 4.79 Å². The first-order chi connectivity index (χ1) is 6.94. The lowest BCUT2D eigenvalue weighted by Crippen LogP contribution is -2.51. The molecular weight excluding hydrogens is 192 g/mol. The molecule has 2 atom stereocenters. The summed E-state index contributed by atoms with van der Waals surface area (Å²) >= 11 is 0. The lowest BCUT2D eigenvalue weighted by Gasteiger charge is -2.32. The molecule has 4 heteroatoms. The van der Waals surface area contributed by atoms with E-state index >= 15 is 0 Å². The molecule has 0 bridgehead atoms. The van der Waals surface area contributed by atoms with E-state index in [-0.39, 0.29) is 11.9 Å². The molecule has 0 aromatic rings. The molecule has 0 saturated carbocycles. The van der Waals surface area contributed by atoms with E-state index in [4.69, 9.17) is 10.5 Å². The van der Waals surface area contributed by atoms with Crippen LogP contribution in [0.25, 0.3) is 0 Å². The predicted octanol–water partition coefficient (Wildman–Crippen LogP) is 0.607. The molecule has 88 valence electrons. The van der Waals surface area contributed by atoms with E-state index in [0.717, 1.165) is 13.0 Å². The fourth-order valence-corrected chi connectivity index (χ4v) is 2.05. The van der Waals surface area contributed by atoms with E-state index in [0.29, 0.717) is 12.5 Å². The van der Waals surface area contributed by atoms with Gasteiger partial charge in [0.1, 0.15) is 5.60 Å². The molecule has 0 radical (unpaired) electrons. The maximum Gasteiger partial charge on any atom is 0.254 e. The Morgan fingerprint density at radius 1 is 1.60 bits per heavy atom. The van der Waals surface area contributed by atoms with Crippen LogP contribution in [0.1, 0.15) is 27.2 Å². The fraction of sp³-hybridized carbons (Fsp3) is 0.909. The Bertz CT molecular complexity index is 241. The van der Waals surface area contributed by atoms with Crippen LogP contribution < -0.4 is 5.73 Å². The highest BCUT2D eigenvalue weighted by Crippen LogP contribution is 2.26. The van der Waals surface area contributed by atoms with E-state index in [1.54, 1.807) is 21.0 Å². The van der Waals surface area contributed by atoms with Crippen molar-refractivity contribution in [1.82, 2.24) is 4.90 Å². The van der Waals surface area contributed by atoms with Gasteiger partial charge in [0, 0.05) is 26.2 Å². The molecule has 15 heavy (non-hydrogen) atoms. The van der Waals surface area contributed by atoms with Gasteiger partial charge in [-0.2, -0.15) is 0 Å². The highest BCUT2D eigenvalue weighted by Gasteiger charge is 2.40. The quantitative estimate of drug-likeness (QED) is 0.749. The third-order valence-electron chi connectivity index (χ3n) is 3.41. The highest BCUT2D eigenvalue weighted by molar-refractivity contribution is 5.85. The van der Waals surface area contributed by atoms with Gasteiger partial charge in [-0.25, -0.2) is 0 Å². The molecule has 1 amide bonds. The van der Waals surface area contributed by atoms with E-state index in [2.05, 4.69) is 6.92 Å². The van der Waals surface area contributed by atoms with Crippen LogP contribution in [0.5, 0.6) is 0 Å². The summed E-state index contributed by atoms with van der Waals surface area (Å²) in [5.41, 5.74) is 4.96. The van der Waals surface area contributed by atoms with Crippen molar-refractivity contribution >= 4 is 5.91 Å². The van der Waals surface area contributed by atoms with Crippen molar-refractivity contribution in [2.24, 2.45) is 11.7 Å². The van der Waals surface area contributed by atoms with Crippen molar-refractivity contribution < 1.29 is 9.53 Å². The third kappa shape index (κ3) is 2.32. The first-order valence-corrected chi connectivity index (χ1v) is 5.50. The zero-order valence-corrected chi connectivity index (χ0v) is 10.1. The Labute approximate surface area is 91.8 Å². The lowest BCUT2D eigenvalue weighted by atomic mass is 10.0. The Kier molecular flexibility index (Phi) is 3.73. The zero-order chi connectivity index (χ0) is 11.6. The van der Waals surface area contributed by atoms with E-state index < -0.39 is 5.60 Å². The number of carbonyl (C=O) groups is 1. The van der Waals surface area contributed by atoms with Gasteiger partial charge in [-0.3, -0.25) is 4.79 Å². The lowest BCUT2D eigenvalue weighted by molar-refractivity contribution is -0.152. The van der Waals surface area contributed by atoms with Gasteiger partial charge >= 0.3 is 0 Å². The third-order valence-corrected chi connectivity index (χ3v) is 3.41. The van der Waals surface area contributed by atoms with Crippen LogP contribution in [-0.4, -0.2) is 42.6 Å². The highest BCUT2D eigenvalue weighted by atomic mass is 16.5. The van der Waals surface area contributed by atoms with Gasteiger partial charge in [-0.05, 0) is 26.2 Å². The molecular formula is C11H22N2O2. The number of hydrogen-bond acceptors (Lipinski definition) is 3. The van der Waals surface area contributed by atoms with Crippen molar-refractivity contribution in [2.75, 3.05) is 20.2 Å². The Morgan fingerprint density at radius 2 is 2.20 bits per heavy atom. The Hall–Kier alpha value is -0.610. The van der Waals surface area contributed by atoms with Crippen molar-refractivity contribution in [2.45, 2.75) is 38.8 Å². The van der Waals surface area contributed by atoms with Gasteiger partial charge in [-0.15, -0.1) is 0 Å². The van der Waals surface area contributed by atoms with Crippen LogP contribution in [0.2, 0.25) is 0 Å². The molecule has 4 nitrogen and oxygen atoms in total. The largest absolute Gasteiger partial charge is 0.369 e. The number of methoxy groups -OCH3 is 1. The molecule has 0 spiro atoms. The van der Waals surface area contributed by atoms with Crippen molar-refractivity contribution in [3.05, 3.63) is 0 Å². The molecule has 0 aromatic carbocycles. The maximum atomic E-state index is 12.2. The van der Waals surface area contributed by atoms with Gasteiger partial charge in [0.15, 0.2) is 0 Å². The zero-order valence-electron chi connectivity index (χ0n) is 10.1. The van der Waals surface area contributed by atoms with Crippen LogP contribution in [0.3, 0.4) is 0 Å². The second-order valence-electron chi connectivity index (χ2n) is 4.78. The molecule has 1 aliphatic heterocycles. The minimum absolute atomic E-state index is 0.0461. The van der Waals surface area contributed by atoms with Gasteiger partial charge in [-0.1, -0.05) is 6.92 Å². The summed E-state index contributed by atoms with van der Waals surface area (Å²) in [6.07, 6.45) is 1.04. The maximum absolute atomic E-state index is 12.2. The molecule has 1 heterocycles. The van der Waals surface area contributed by atoms with Crippen molar-refractivity contribution in [3.8, 4) is 0 Å². The summed E-state index contributed by atoms with van der Waals surface area (Å²) < 4.78 is 5.21. The van der Waals surface area contributed by atoms with Crippen LogP contribution in [0.4, 0.5) is 0 Å². The Balaban J connectivity index is 2.76. The minimum atomic E-state index is -0.739. The second kappa shape index (κ2) is 4.49. The first kappa shape index (κ1) is 12.5. The summed E-state index contributed by atoms with van der Waals surface area (Å²) in [7, 11) is 1.56. The van der Waals surface area contributed by atoms with Crippen LogP contribution >= 0.6 is 0 Å². The van der Waals surface area contributed by atoms with Crippen LogP contribution in [0.15, 0.2) is 0 Å². The number of nitrogens with zero attached hydrogens (tertiary/aromatic N) is 1. The molecule has 2 unspecified atom stereocenters. The summed E-state index contributed by atoms with van der Waals surface area (Å²) in [5, 5.41) is 0. The van der Waals surface area contributed by atoms with Crippen molar-refractivity contribution in [3.63, 3.8) is 0 Å². The minimum Gasteiger partial charge on any atom is -0.369 e. The number of likely N-dealkylation sites (tertiary alicyclic amines) is 1. The molecule has 0 aromatic heterocycles. The normalized spacial score (nSPS) is 27.1. The molecule has 1 rings (SSSR count). The standard InChI is InChI=1S/C11H22N2O2/c1-8-5-6-13(9(8)7-12)10(14)11(2,3)15-4/h8-9H,5-7,12H2,1-4H3. The summed E-state index contributed by atoms with van der Waals surface area (Å²) in [4.78, 5) is 14.0. The van der Waals surface area contributed by atoms with Crippen LogP contribution in [0, 0.1) is 5.92 Å². The van der Waals surface area contributed by atoms with E-state index in [1.165, 1.54) is 0 Å². The number of hydrogen-bond donors (Lipinski definition) is 1. The van der Waals surface area contributed by atoms with Crippen LogP contribution in [-0.2, 0) is 9.53 Å². The molecule has 2 N–H and O–H groups in total. The topological polar surface area (TPSA) is 55.6 Å². The summed E-state index contributed by atoms with van der Waals surface area (Å²) in [6, 6.07) is 0.173. The molecule has 1 fully saturated rings. The average molecular weight is 214 g/mol. The van der Waals surface area contributed by atoms with Gasteiger partial charge < -0.3 is 15.4 Å². The molecule has 1 saturated heterocycles. The number of ether oxygens (including phenoxy) is 1. The first-order valence-electron chi connectivity index (χ1n) is 5.50. The van der Waals surface area contributed by atoms with Crippen molar-refractivity contribution in [1.29, 1.82) is 0 Å². The van der Waals surface area contributed by atoms with Gasteiger partial charge in [0.2, 0.25) is 0 Å².